The normalized spacial score (nSPS) is 15.8. The topological polar surface area (TPSA) is 78.7 Å². The van der Waals surface area contributed by atoms with Crippen molar-refractivity contribution < 1.29 is 14.9 Å². The summed E-state index contributed by atoms with van der Waals surface area (Å²) in [5.74, 6) is 1.52. The van der Waals surface area contributed by atoms with Gasteiger partial charge in [0.25, 0.3) is 0 Å². The van der Waals surface area contributed by atoms with Crippen molar-refractivity contribution >= 4 is 16.7 Å². The van der Waals surface area contributed by atoms with E-state index >= 15 is 0 Å². The number of piperidine rings is 1. The predicted octanol–water partition coefficient (Wildman–Crippen LogP) is 5.33. The van der Waals surface area contributed by atoms with Gasteiger partial charge in [0.15, 0.2) is 0 Å². The molecule has 2 N–H and O–H groups in total. The Kier molecular flexibility index (Phi) is 6.18. The molecule has 1 fully saturated rings. The van der Waals surface area contributed by atoms with Crippen LogP contribution in [-0.2, 0) is 11.2 Å². The first-order valence-electron chi connectivity index (χ1n) is 12.4. The molecule has 5 rings (SSSR count). The first-order valence-corrected chi connectivity index (χ1v) is 12.4. The zero-order valence-corrected chi connectivity index (χ0v) is 21.3. The highest BCUT2D eigenvalue weighted by Gasteiger charge is 2.38. The van der Waals surface area contributed by atoms with E-state index in [0.717, 1.165) is 39.0 Å². The lowest BCUT2D eigenvalue weighted by Crippen LogP contribution is -2.43. The molecule has 0 radical (unpaired) electrons. The fourth-order valence-corrected chi connectivity index (χ4v) is 5.03. The quantitative estimate of drug-likeness (QED) is 0.400. The van der Waals surface area contributed by atoms with Crippen LogP contribution in [0.3, 0.4) is 0 Å². The summed E-state index contributed by atoms with van der Waals surface area (Å²) >= 11 is 0. The molecule has 0 atom stereocenters. The van der Waals surface area contributed by atoms with Crippen LogP contribution >= 0.6 is 0 Å². The smallest absolute Gasteiger partial charge is 0.135 e. The fraction of sp³-hybridized carbons (Fsp3) is 0.333. The number of para-hydroxylation sites is 1. The van der Waals surface area contributed by atoms with Crippen molar-refractivity contribution in [2.45, 2.75) is 44.8 Å². The van der Waals surface area contributed by atoms with Gasteiger partial charge in [-0.25, -0.2) is 4.98 Å². The van der Waals surface area contributed by atoms with E-state index in [2.05, 4.69) is 47.1 Å². The Morgan fingerprint density at radius 3 is 2.28 bits per heavy atom. The standard InChI is InChI=1S/C30H33N3O3/c1-20-8-10-21(11-9-20)23-6-5-7-24-27(23)32-19-25(28(24)36-4)30(35)14-16-33(17-15-30)26-13-12-22(18-31-26)29(2,3)34/h5-13,18-19,34-35H,14-17H2,1-4H3. The van der Waals surface area contributed by atoms with Gasteiger partial charge in [-0.15, -0.1) is 0 Å². The molecule has 4 aromatic rings. The Balaban J connectivity index is 1.44. The molecule has 36 heavy (non-hydrogen) atoms. The molecule has 0 aliphatic carbocycles. The minimum absolute atomic E-state index is 0.531. The molecule has 186 valence electrons. The largest absolute Gasteiger partial charge is 0.496 e. The Hall–Kier alpha value is -3.48. The molecule has 0 spiro atoms. The first kappa shape index (κ1) is 24.2. The number of rotatable bonds is 5. The zero-order valence-electron chi connectivity index (χ0n) is 21.3. The number of hydrogen-bond donors (Lipinski definition) is 2. The monoisotopic (exact) mass is 483 g/mol. The number of aliphatic hydroxyl groups is 2. The van der Waals surface area contributed by atoms with Crippen LogP contribution in [0.2, 0.25) is 0 Å². The van der Waals surface area contributed by atoms with Crippen LogP contribution in [0.5, 0.6) is 5.75 Å². The summed E-state index contributed by atoms with van der Waals surface area (Å²) < 4.78 is 5.89. The number of methoxy groups -OCH3 is 1. The highest BCUT2D eigenvalue weighted by Crippen LogP contribution is 2.43. The number of aryl methyl sites for hydroxylation is 1. The number of ether oxygens (including phenoxy) is 1. The number of nitrogens with zero attached hydrogens (tertiary/aromatic N) is 3. The van der Waals surface area contributed by atoms with E-state index < -0.39 is 11.2 Å². The van der Waals surface area contributed by atoms with Crippen molar-refractivity contribution in [1.29, 1.82) is 0 Å². The van der Waals surface area contributed by atoms with Crippen molar-refractivity contribution in [3.63, 3.8) is 0 Å². The molecule has 0 unspecified atom stereocenters. The molecule has 6 nitrogen and oxygen atoms in total. The molecular weight excluding hydrogens is 450 g/mol. The van der Waals surface area contributed by atoms with Crippen molar-refractivity contribution in [2.75, 3.05) is 25.1 Å². The van der Waals surface area contributed by atoms with E-state index in [0.29, 0.717) is 31.7 Å². The summed E-state index contributed by atoms with van der Waals surface area (Å²) in [7, 11) is 1.66. The lowest BCUT2D eigenvalue weighted by atomic mass is 9.83. The number of hydrogen-bond acceptors (Lipinski definition) is 6. The third kappa shape index (κ3) is 4.43. The number of aromatic nitrogens is 2. The zero-order chi connectivity index (χ0) is 25.5. The minimum Gasteiger partial charge on any atom is -0.496 e. The van der Waals surface area contributed by atoms with Gasteiger partial charge in [-0.05, 0) is 51.3 Å². The first-order chi connectivity index (χ1) is 17.2. The van der Waals surface area contributed by atoms with Crippen LogP contribution in [0.4, 0.5) is 5.82 Å². The summed E-state index contributed by atoms with van der Waals surface area (Å²) in [6.07, 6.45) is 4.56. The maximum absolute atomic E-state index is 11.7. The van der Waals surface area contributed by atoms with Gasteiger partial charge in [0, 0.05) is 47.6 Å². The maximum Gasteiger partial charge on any atom is 0.135 e. The van der Waals surface area contributed by atoms with Gasteiger partial charge in [-0.1, -0.05) is 48.0 Å². The summed E-state index contributed by atoms with van der Waals surface area (Å²) in [6.45, 7) is 6.87. The highest BCUT2D eigenvalue weighted by molar-refractivity contribution is 5.97. The van der Waals surface area contributed by atoms with Crippen molar-refractivity contribution in [2.24, 2.45) is 0 Å². The fourth-order valence-electron chi connectivity index (χ4n) is 5.03. The molecule has 1 saturated heterocycles. The van der Waals surface area contributed by atoms with Gasteiger partial charge in [-0.2, -0.15) is 0 Å². The van der Waals surface area contributed by atoms with Crippen LogP contribution in [0.1, 0.15) is 43.4 Å². The van der Waals surface area contributed by atoms with E-state index in [-0.39, 0.29) is 0 Å². The van der Waals surface area contributed by atoms with E-state index in [1.807, 2.05) is 24.3 Å². The second-order valence-electron chi connectivity index (χ2n) is 10.3. The second-order valence-corrected chi connectivity index (χ2v) is 10.3. The van der Waals surface area contributed by atoms with E-state index in [9.17, 15) is 10.2 Å². The minimum atomic E-state index is -1.05. The van der Waals surface area contributed by atoms with Crippen molar-refractivity contribution in [3.8, 4) is 16.9 Å². The average Bonchev–Trinajstić information content (AvgIpc) is 2.88. The Bertz CT molecular complexity index is 1370. The van der Waals surface area contributed by atoms with E-state index in [4.69, 9.17) is 9.72 Å². The Morgan fingerprint density at radius 1 is 0.944 bits per heavy atom. The van der Waals surface area contributed by atoms with E-state index in [1.165, 1.54) is 5.56 Å². The molecule has 0 saturated carbocycles. The van der Waals surface area contributed by atoms with Crippen LogP contribution < -0.4 is 9.64 Å². The summed E-state index contributed by atoms with van der Waals surface area (Å²) in [4.78, 5) is 11.6. The van der Waals surface area contributed by atoms with E-state index in [1.54, 1.807) is 33.4 Å². The van der Waals surface area contributed by atoms with Crippen LogP contribution in [0, 0.1) is 6.92 Å². The maximum atomic E-state index is 11.7. The van der Waals surface area contributed by atoms with Gasteiger partial charge in [0.05, 0.1) is 23.8 Å². The van der Waals surface area contributed by atoms with Gasteiger partial charge in [0.2, 0.25) is 0 Å². The molecule has 2 aromatic carbocycles. The molecule has 1 aliphatic rings. The number of benzene rings is 2. The third-order valence-electron chi connectivity index (χ3n) is 7.28. The SMILES string of the molecule is COc1c(C2(O)CCN(c3ccc(C(C)(C)O)cn3)CC2)cnc2c(-c3ccc(C)cc3)cccc12. The second kappa shape index (κ2) is 9.19. The van der Waals surface area contributed by atoms with Gasteiger partial charge < -0.3 is 19.8 Å². The van der Waals surface area contributed by atoms with Crippen molar-refractivity contribution in [1.82, 2.24) is 9.97 Å². The lowest BCUT2D eigenvalue weighted by molar-refractivity contribution is 0.00945. The van der Waals surface area contributed by atoms with Crippen LogP contribution in [-0.4, -0.2) is 40.4 Å². The van der Waals surface area contributed by atoms with Gasteiger partial charge >= 0.3 is 0 Å². The number of pyridine rings is 2. The average molecular weight is 484 g/mol. The van der Waals surface area contributed by atoms with Crippen LogP contribution in [0.25, 0.3) is 22.0 Å². The molecule has 3 heterocycles. The molecular formula is C30H33N3O3. The molecule has 0 bridgehead atoms. The third-order valence-corrected chi connectivity index (χ3v) is 7.28. The van der Waals surface area contributed by atoms with Crippen molar-refractivity contribution in [3.05, 3.63) is 83.7 Å². The molecule has 0 amide bonds. The van der Waals surface area contributed by atoms with Gasteiger partial charge in [-0.3, -0.25) is 4.98 Å². The number of fused-ring (bicyclic) bond motifs is 1. The molecule has 6 heteroatoms. The van der Waals surface area contributed by atoms with Crippen LogP contribution in [0.15, 0.2) is 67.0 Å². The highest BCUT2D eigenvalue weighted by atomic mass is 16.5. The Morgan fingerprint density at radius 2 is 1.67 bits per heavy atom. The summed E-state index contributed by atoms with van der Waals surface area (Å²) in [5, 5.41) is 22.8. The molecule has 2 aromatic heterocycles. The molecule has 1 aliphatic heterocycles. The van der Waals surface area contributed by atoms with Gasteiger partial charge in [0.1, 0.15) is 11.6 Å². The number of anilines is 1. The predicted molar refractivity (Wildman–Crippen MR) is 143 cm³/mol. The summed E-state index contributed by atoms with van der Waals surface area (Å²) in [5.41, 5.74) is 3.74. The Labute approximate surface area is 212 Å². The lowest BCUT2D eigenvalue weighted by Gasteiger charge is -2.39. The summed E-state index contributed by atoms with van der Waals surface area (Å²) in [6, 6.07) is 18.4.